The van der Waals surface area contributed by atoms with Crippen LogP contribution in [0.2, 0.25) is 0 Å². The van der Waals surface area contributed by atoms with E-state index in [-0.39, 0.29) is 0 Å². The molecule has 0 aromatic heterocycles. The van der Waals surface area contributed by atoms with Crippen molar-refractivity contribution in [2.24, 2.45) is 16.3 Å². The fourth-order valence-electron chi connectivity index (χ4n) is 0.383. The second-order valence-corrected chi connectivity index (χ2v) is 2.94. The van der Waals surface area contributed by atoms with Gasteiger partial charge in [-0.05, 0) is 20.8 Å². The third-order valence-electron chi connectivity index (χ3n) is 1.60. The molecule has 0 rings (SSSR count). The van der Waals surface area contributed by atoms with Crippen LogP contribution in [-0.4, -0.2) is 11.7 Å². The van der Waals surface area contributed by atoms with Crippen LogP contribution in [0.5, 0.6) is 0 Å². The van der Waals surface area contributed by atoms with Crippen LogP contribution >= 0.6 is 0 Å². The molecule has 12 heavy (non-hydrogen) atoms. The number of hydrogen-bond donors (Lipinski definition) is 2. The smallest absolute Gasteiger partial charge is 0.332 e. The Morgan fingerprint density at radius 2 is 2.17 bits per heavy atom. The zero-order chi connectivity index (χ0) is 9.78. The van der Waals surface area contributed by atoms with E-state index in [1.165, 1.54) is 0 Å². The Kier molecular flexibility index (Phi) is 3.30. The summed E-state index contributed by atoms with van der Waals surface area (Å²) in [6.45, 7) is 5.39. The molecule has 3 N–H and O–H groups in total. The van der Waals surface area contributed by atoms with Gasteiger partial charge in [-0.1, -0.05) is 5.92 Å². The molecule has 0 heterocycles. The van der Waals surface area contributed by atoms with Gasteiger partial charge in [-0.3, -0.25) is 0 Å². The molecule has 0 radical (unpaired) electrons. The van der Waals surface area contributed by atoms with Gasteiger partial charge in [0.25, 0.3) is 0 Å². The summed E-state index contributed by atoms with van der Waals surface area (Å²) in [5.74, 6) is 2.54. The summed E-state index contributed by atoms with van der Waals surface area (Å²) in [5.41, 5.74) is 7.12. The van der Waals surface area contributed by atoms with E-state index in [0.717, 1.165) is 0 Å². The quantitative estimate of drug-likeness (QED) is 0.354. The molecule has 0 atom stereocenters. The SMILES string of the molecule is C#CC(C)(C)/C(C)=N/NC(N)=O. The molecule has 0 aliphatic carbocycles. The molecular weight excluding hydrogens is 154 g/mol. The van der Waals surface area contributed by atoms with Gasteiger partial charge in [0.2, 0.25) is 0 Å². The van der Waals surface area contributed by atoms with Gasteiger partial charge in [-0.25, -0.2) is 10.2 Å². The Hall–Kier alpha value is -1.50. The molecule has 0 aromatic rings. The predicted molar refractivity (Wildman–Crippen MR) is 48.4 cm³/mol. The van der Waals surface area contributed by atoms with Gasteiger partial charge in [0.1, 0.15) is 0 Å². The van der Waals surface area contributed by atoms with Crippen LogP contribution in [-0.2, 0) is 0 Å². The second-order valence-electron chi connectivity index (χ2n) is 2.94. The van der Waals surface area contributed by atoms with Crippen molar-refractivity contribution in [2.75, 3.05) is 0 Å². The molecule has 4 heteroatoms. The van der Waals surface area contributed by atoms with E-state index >= 15 is 0 Å². The highest BCUT2D eigenvalue weighted by Crippen LogP contribution is 2.14. The van der Waals surface area contributed by atoms with Gasteiger partial charge in [-0.15, -0.1) is 6.42 Å². The van der Waals surface area contributed by atoms with Crippen LogP contribution in [0.25, 0.3) is 0 Å². The molecular formula is C8H13N3O. The molecule has 2 amide bonds. The molecule has 4 nitrogen and oxygen atoms in total. The number of carbonyl (C=O) groups excluding carboxylic acids is 1. The van der Waals surface area contributed by atoms with E-state index in [9.17, 15) is 4.79 Å². The maximum absolute atomic E-state index is 10.3. The summed E-state index contributed by atoms with van der Waals surface area (Å²) < 4.78 is 0. The van der Waals surface area contributed by atoms with Crippen molar-refractivity contribution < 1.29 is 4.79 Å². The van der Waals surface area contributed by atoms with Gasteiger partial charge in [0.05, 0.1) is 11.1 Å². The number of nitrogens with two attached hydrogens (primary N) is 1. The molecule has 0 fully saturated rings. The molecule has 0 bridgehead atoms. The number of primary amides is 1. The van der Waals surface area contributed by atoms with E-state index < -0.39 is 11.4 Å². The molecule has 0 aromatic carbocycles. The Bertz CT molecular complexity index is 248. The third kappa shape index (κ3) is 3.06. The third-order valence-corrected chi connectivity index (χ3v) is 1.60. The van der Waals surface area contributed by atoms with Crippen LogP contribution < -0.4 is 11.2 Å². The number of hydrogen-bond acceptors (Lipinski definition) is 2. The van der Waals surface area contributed by atoms with Crippen LogP contribution in [0, 0.1) is 17.8 Å². The number of rotatable bonds is 2. The fraction of sp³-hybridized carbons (Fsp3) is 0.500. The van der Waals surface area contributed by atoms with Crippen LogP contribution in [0.15, 0.2) is 5.10 Å². The van der Waals surface area contributed by atoms with Crippen LogP contribution in [0.3, 0.4) is 0 Å². The highest BCUT2D eigenvalue weighted by molar-refractivity contribution is 5.90. The average molecular weight is 167 g/mol. The molecule has 66 valence electrons. The van der Waals surface area contributed by atoms with Crippen molar-refractivity contribution in [3.63, 3.8) is 0 Å². The molecule has 0 saturated carbocycles. The van der Waals surface area contributed by atoms with E-state index in [0.29, 0.717) is 5.71 Å². The van der Waals surface area contributed by atoms with E-state index in [2.05, 4.69) is 16.4 Å². The Balaban J connectivity index is 4.40. The normalized spacial score (nSPS) is 12.0. The maximum Gasteiger partial charge on any atom is 0.332 e. The molecule has 0 spiro atoms. The summed E-state index contributed by atoms with van der Waals surface area (Å²) >= 11 is 0. The lowest BCUT2D eigenvalue weighted by Gasteiger charge is -2.16. The van der Waals surface area contributed by atoms with Gasteiger partial charge >= 0.3 is 6.03 Å². The molecule has 0 aliphatic heterocycles. The minimum atomic E-state index is -0.692. The molecule has 0 aliphatic rings. The van der Waals surface area contributed by atoms with Crippen molar-refractivity contribution in [3.05, 3.63) is 0 Å². The minimum absolute atomic E-state index is 0.456. The first kappa shape index (κ1) is 10.5. The minimum Gasteiger partial charge on any atom is -0.350 e. The largest absolute Gasteiger partial charge is 0.350 e. The molecule has 0 unspecified atom stereocenters. The lowest BCUT2D eigenvalue weighted by molar-refractivity contribution is 0.249. The Morgan fingerprint density at radius 3 is 2.50 bits per heavy atom. The van der Waals surface area contributed by atoms with Crippen molar-refractivity contribution >= 4 is 11.7 Å². The number of terminal acetylenes is 1. The highest BCUT2D eigenvalue weighted by Gasteiger charge is 2.17. The number of nitrogens with zero attached hydrogens (tertiary/aromatic N) is 1. The van der Waals surface area contributed by atoms with E-state index in [4.69, 9.17) is 12.2 Å². The first-order valence-corrected chi connectivity index (χ1v) is 3.48. The lowest BCUT2D eigenvalue weighted by atomic mass is 9.90. The number of nitrogens with one attached hydrogen (secondary N) is 1. The van der Waals surface area contributed by atoms with Crippen molar-refractivity contribution in [2.45, 2.75) is 20.8 Å². The van der Waals surface area contributed by atoms with Gasteiger partial charge in [-0.2, -0.15) is 5.10 Å². The topological polar surface area (TPSA) is 67.5 Å². The average Bonchev–Trinajstić information content (AvgIpc) is 2.00. The standard InChI is InChI=1S/C8H13N3O/c1-5-8(3,4)6(2)10-11-7(9)12/h1H,2-4H3,(H3,9,11,12)/b10-6+. The first-order valence-electron chi connectivity index (χ1n) is 3.48. The molecule has 0 saturated heterocycles. The second kappa shape index (κ2) is 3.77. The predicted octanol–water partition coefficient (Wildman–Crippen LogP) is 0.690. The number of urea groups is 1. The Morgan fingerprint density at radius 1 is 1.67 bits per heavy atom. The maximum atomic E-state index is 10.3. The van der Waals surface area contributed by atoms with E-state index in [1.807, 2.05) is 13.8 Å². The van der Waals surface area contributed by atoms with Crippen LogP contribution in [0.4, 0.5) is 4.79 Å². The van der Waals surface area contributed by atoms with Crippen molar-refractivity contribution in [3.8, 4) is 12.3 Å². The monoisotopic (exact) mass is 167 g/mol. The van der Waals surface area contributed by atoms with Crippen molar-refractivity contribution in [1.29, 1.82) is 0 Å². The fourth-order valence-corrected chi connectivity index (χ4v) is 0.383. The summed E-state index contributed by atoms with van der Waals surface area (Å²) in [6.07, 6.45) is 5.24. The number of amides is 2. The summed E-state index contributed by atoms with van der Waals surface area (Å²) in [6, 6.07) is -0.692. The summed E-state index contributed by atoms with van der Waals surface area (Å²) in [7, 11) is 0. The number of hydrazone groups is 1. The van der Waals surface area contributed by atoms with Gasteiger partial charge in [0, 0.05) is 0 Å². The number of carbonyl (C=O) groups is 1. The van der Waals surface area contributed by atoms with Crippen molar-refractivity contribution in [1.82, 2.24) is 5.43 Å². The van der Waals surface area contributed by atoms with Gasteiger partial charge < -0.3 is 5.73 Å². The highest BCUT2D eigenvalue weighted by atomic mass is 16.2. The van der Waals surface area contributed by atoms with Crippen LogP contribution in [0.1, 0.15) is 20.8 Å². The van der Waals surface area contributed by atoms with E-state index in [1.54, 1.807) is 6.92 Å². The summed E-state index contributed by atoms with van der Waals surface area (Å²) in [5, 5.41) is 3.72. The zero-order valence-electron chi connectivity index (χ0n) is 7.51. The first-order chi connectivity index (χ1) is 5.40. The van der Waals surface area contributed by atoms with Gasteiger partial charge in [0.15, 0.2) is 0 Å². The Labute approximate surface area is 72.2 Å². The lowest BCUT2D eigenvalue weighted by Crippen LogP contribution is -2.29. The zero-order valence-corrected chi connectivity index (χ0v) is 7.51. The summed E-state index contributed by atoms with van der Waals surface area (Å²) in [4.78, 5) is 10.3.